The fourth-order valence-electron chi connectivity index (χ4n) is 3.69. The summed E-state index contributed by atoms with van der Waals surface area (Å²) >= 11 is 0. The average molecular weight is 351 g/mol. The summed E-state index contributed by atoms with van der Waals surface area (Å²) in [4.78, 5) is 28.0. The number of carbonyl (C=O) groups is 2. The fraction of sp³-hybridized carbons (Fsp3) is 0.300. The molecule has 2 aromatic carbocycles. The lowest BCUT2D eigenvalue weighted by Crippen LogP contribution is -2.42. The first-order valence-corrected chi connectivity index (χ1v) is 8.76. The molecule has 0 radical (unpaired) electrons. The molecule has 1 fully saturated rings. The topological polar surface area (TPSA) is 84.7 Å². The van der Waals surface area contributed by atoms with Crippen LogP contribution < -0.4 is 11.1 Å². The minimum Gasteiger partial charge on any atom is -0.398 e. The highest BCUT2D eigenvalue weighted by molar-refractivity contribution is 6.16. The zero-order valence-corrected chi connectivity index (χ0v) is 14.4. The Morgan fingerprint density at radius 2 is 1.92 bits per heavy atom. The zero-order valence-electron chi connectivity index (χ0n) is 14.4. The van der Waals surface area contributed by atoms with E-state index in [-0.39, 0.29) is 18.2 Å². The molecule has 6 nitrogen and oxygen atoms in total. The maximum absolute atomic E-state index is 13.1. The highest BCUT2D eigenvalue weighted by Gasteiger charge is 2.35. The molecule has 0 bridgehead atoms. The Morgan fingerprint density at radius 3 is 2.73 bits per heavy atom. The number of nitrogens with two attached hydrogens (primary N) is 1. The van der Waals surface area contributed by atoms with E-state index >= 15 is 0 Å². The monoisotopic (exact) mass is 351 g/mol. The van der Waals surface area contributed by atoms with Crippen LogP contribution in [0.15, 0.2) is 42.5 Å². The molecule has 6 heteroatoms. The number of nitrogens with zero attached hydrogens (tertiary/aromatic N) is 1. The number of hydrogen-bond donors (Lipinski definition) is 2. The molecule has 4 rings (SSSR count). The second kappa shape index (κ2) is 6.90. The number of morpholine rings is 1. The van der Waals surface area contributed by atoms with Crippen LogP contribution in [-0.4, -0.2) is 49.4 Å². The third-order valence-corrected chi connectivity index (χ3v) is 4.96. The molecule has 0 saturated carbocycles. The van der Waals surface area contributed by atoms with Gasteiger partial charge in [0, 0.05) is 24.3 Å². The molecule has 134 valence electrons. The van der Waals surface area contributed by atoms with Crippen LogP contribution in [0.2, 0.25) is 0 Å². The number of carbonyl (C=O) groups excluding carboxylic acids is 2. The van der Waals surface area contributed by atoms with Crippen molar-refractivity contribution < 1.29 is 14.3 Å². The van der Waals surface area contributed by atoms with Crippen LogP contribution >= 0.6 is 0 Å². The van der Waals surface area contributed by atoms with E-state index in [0.29, 0.717) is 43.2 Å². The summed E-state index contributed by atoms with van der Waals surface area (Å²) in [6.07, 6.45) is 0. The van der Waals surface area contributed by atoms with Crippen molar-refractivity contribution >= 4 is 23.1 Å². The fourth-order valence-corrected chi connectivity index (χ4v) is 3.69. The molecule has 0 aliphatic carbocycles. The minimum absolute atomic E-state index is 0.108. The standard InChI is InChI=1S/C20H21N3O3/c21-15-6-3-7-16-18(15)13-4-1-2-5-14(13)19(20(25)22-16)17(24)12-23-8-10-26-11-9-23/h1-7,19H,8-12,21H2,(H,22,25). The van der Waals surface area contributed by atoms with E-state index in [2.05, 4.69) is 5.32 Å². The van der Waals surface area contributed by atoms with Gasteiger partial charge in [-0.05, 0) is 23.3 Å². The van der Waals surface area contributed by atoms with Crippen molar-refractivity contribution in [2.24, 2.45) is 0 Å². The number of nitrogen functional groups attached to an aromatic ring is 1. The number of ketones is 1. The van der Waals surface area contributed by atoms with Gasteiger partial charge in [-0.3, -0.25) is 14.5 Å². The van der Waals surface area contributed by atoms with Crippen LogP contribution in [0.25, 0.3) is 11.1 Å². The molecular weight excluding hydrogens is 330 g/mol. The van der Waals surface area contributed by atoms with Gasteiger partial charge in [0.05, 0.1) is 25.4 Å². The molecule has 2 aliphatic rings. The summed E-state index contributed by atoms with van der Waals surface area (Å²) in [6.45, 7) is 2.87. The maximum Gasteiger partial charge on any atom is 0.239 e. The number of anilines is 2. The van der Waals surface area contributed by atoms with Crippen LogP contribution in [0, 0.1) is 0 Å². The van der Waals surface area contributed by atoms with Gasteiger partial charge in [0.2, 0.25) is 5.91 Å². The first-order valence-electron chi connectivity index (χ1n) is 8.76. The molecule has 2 aliphatic heterocycles. The summed E-state index contributed by atoms with van der Waals surface area (Å²) in [5.41, 5.74) is 9.72. The quantitative estimate of drug-likeness (QED) is 0.651. The van der Waals surface area contributed by atoms with E-state index in [1.807, 2.05) is 35.2 Å². The Hall–Kier alpha value is -2.70. The van der Waals surface area contributed by atoms with Crippen molar-refractivity contribution in [2.45, 2.75) is 5.92 Å². The second-order valence-corrected chi connectivity index (χ2v) is 6.63. The average Bonchev–Trinajstić information content (AvgIpc) is 2.76. The van der Waals surface area contributed by atoms with E-state index in [4.69, 9.17) is 10.5 Å². The molecule has 0 aromatic heterocycles. The van der Waals surface area contributed by atoms with Gasteiger partial charge in [-0.1, -0.05) is 30.3 Å². The van der Waals surface area contributed by atoms with Crippen molar-refractivity contribution in [3.8, 4) is 11.1 Å². The number of Topliss-reactive ketones (excluding diaryl/α,β-unsaturated/α-hetero) is 1. The molecule has 3 N–H and O–H groups in total. The normalized spacial score (nSPS) is 19.8. The molecule has 1 atom stereocenters. The smallest absolute Gasteiger partial charge is 0.239 e. The largest absolute Gasteiger partial charge is 0.398 e. The summed E-state index contributed by atoms with van der Waals surface area (Å²) in [7, 11) is 0. The molecule has 0 spiro atoms. The van der Waals surface area contributed by atoms with Gasteiger partial charge >= 0.3 is 0 Å². The first-order chi connectivity index (χ1) is 12.6. The van der Waals surface area contributed by atoms with Crippen LogP contribution in [0.4, 0.5) is 11.4 Å². The number of amides is 1. The van der Waals surface area contributed by atoms with Crippen LogP contribution in [0.1, 0.15) is 11.5 Å². The van der Waals surface area contributed by atoms with Gasteiger partial charge < -0.3 is 15.8 Å². The van der Waals surface area contributed by atoms with Gasteiger partial charge in [0.1, 0.15) is 5.92 Å². The Kier molecular flexibility index (Phi) is 4.44. The number of nitrogens with one attached hydrogen (secondary N) is 1. The summed E-state index contributed by atoms with van der Waals surface area (Å²) in [6, 6.07) is 12.9. The molecule has 1 amide bonds. The van der Waals surface area contributed by atoms with Crippen molar-refractivity contribution in [1.29, 1.82) is 0 Å². The summed E-state index contributed by atoms with van der Waals surface area (Å²) in [5.74, 6) is -1.26. The van der Waals surface area contributed by atoms with E-state index in [0.717, 1.165) is 11.1 Å². The summed E-state index contributed by atoms with van der Waals surface area (Å²) in [5, 5.41) is 2.90. The van der Waals surface area contributed by atoms with E-state index in [1.54, 1.807) is 12.1 Å². The van der Waals surface area contributed by atoms with Gasteiger partial charge in [-0.2, -0.15) is 0 Å². The van der Waals surface area contributed by atoms with Crippen molar-refractivity contribution in [1.82, 2.24) is 4.90 Å². The Balaban J connectivity index is 1.74. The first kappa shape index (κ1) is 16.8. The lowest BCUT2D eigenvalue weighted by molar-refractivity contribution is -0.129. The van der Waals surface area contributed by atoms with Crippen LogP contribution in [0.5, 0.6) is 0 Å². The van der Waals surface area contributed by atoms with E-state index in [9.17, 15) is 9.59 Å². The number of rotatable bonds is 3. The highest BCUT2D eigenvalue weighted by Crippen LogP contribution is 2.41. The predicted octanol–water partition coefficient (Wildman–Crippen LogP) is 1.87. The Labute approximate surface area is 151 Å². The van der Waals surface area contributed by atoms with Crippen LogP contribution in [0.3, 0.4) is 0 Å². The third kappa shape index (κ3) is 2.98. The SMILES string of the molecule is Nc1cccc2c1-c1ccccc1C(C(=O)CN1CCOCC1)C(=O)N2. The van der Waals surface area contributed by atoms with Crippen molar-refractivity contribution in [3.05, 3.63) is 48.0 Å². The highest BCUT2D eigenvalue weighted by atomic mass is 16.5. The number of ether oxygens (including phenoxy) is 1. The number of benzene rings is 2. The third-order valence-electron chi connectivity index (χ3n) is 4.96. The van der Waals surface area contributed by atoms with Crippen molar-refractivity contribution in [2.75, 3.05) is 43.9 Å². The van der Waals surface area contributed by atoms with Crippen molar-refractivity contribution in [3.63, 3.8) is 0 Å². The maximum atomic E-state index is 13.1. The van der Waals surface area contributed by atoms with E-state index < -0.39 is 5.92 Å². The molecule has 2 aromatic rings. The molecule has 26 heavy (non-hydrogen) atoms. The molecule has 2 heterocycles. The number of fused-ring (bicyclic) bond motifs is 3. The van der Waals surface area contributed by atoms with E-state index in [1.165, 1.54) is 0 Å². The number of hydrogen-bond acceptors (Lipinski definition) is 5. The van der Waals surface area contributed by atoms with Gasteiger partial charge in [0.15, 0.2) is 5.78 Å². The van der Waals surface area contributed by atoms with Gasteiger partial charge in [-0.15, -0.1) is 0 Å². The van der Waals surface area contributed by atoms with Gasteiger partial charge in [0.25, 0.3) is 0 Å². The Morgan fingerprint density at radius 1 is 1.15 bits per heavy atom. The zero-order chi connectivity index (χ0) is 18.1. The van der Waals surface area contributed by atoms with Crippen LogP contribution in [-0.2, 0) is 14.3 Å². The molecular formula is C20H21N3O3. The second-order valence-electron chi connectivity index (χ2n) is 6.63. The molecule has 1 saturated heterocycles. The predicted molar refractivity (Wildman–Crippen MR) is 99.9 cm³/mol. The summed E-state index contributed by atoms with van der Waals surface area (Å²) < 4.78 is 5.33. The minimum atomic E-state index is -0.846. The Bertz CT molecular complexity index is 859. The molecule has 1 unspecified atom stereocenters. The lowest BCUT2D eigenvalue weighted by Gasteiger charge is -2.27. The van der Waals surface area contributed by atoms with Gasteiger partial charge in [-0.25, -0.2) is 0 Å². The lowest BCUT2D eigenvalue weighted by atomic mass is 9.88.